The van der Waals surface area contributed by atoms with Crippen LogP contribution in [-0.4, -0.2) is 43.8 Å². The second-order valence-corrected chi connectivity index (χ2v) is 7.27. The molecule has 0 bridgehead atoms. The Labute approximate surface area is 110 Å². The zero-order valence-corrected chi connectivity index (χ0v) is 11.6. The highest BCUT2D eigenvalue weighted by Crippen LogP contribution is 2.23. The molecule has 17 heavy (non-hydrogen) atoms. The van der Waals surface area contributed by atoms with Gasteiger partial charge in [0, 0.05) is 37.6 Å². The molecule has 2 heterocycles. The first-order valence-corrected chi connectivity index (χ1v) is 7.89. The van der Waals surface area contributed by atoms with E-state index < -0.39 is 10.2 Å². The van der Waals surface area contributed by atoms with Gasteiger partial charge in [0.05, 0.1) is 4.34 Å². The fourth-order valence-electron chi connectivity index (χ4n) is 1.80. The van der Waals surface area contributed by atoms with Crippen molar-refractivity contribution < 1.29 is 8.42 Å². The van der Waals surface area contributed by atoms with Gasteiger partial charge in [-0.1, -0.05) is 11.6 Å². The quantitative estimate of drug-likeness (QED) is 0.894. The Morgan fingerprint density at radius 2 is 1.94 bits per heavy atom. The highest BCUT2D eigenvalue weighted by atomic mass is 35.5. The van der Waals surface area contributed by atoms with Crippen molar-refractivity contribution in [2.24, 2.45) is 5.14 Å². The molecular formula is C9H14ClN3O2S2. The van der Waals surface area contributed by atoms with Crippen molar-refractivity contribution >= 4 is 33.1 Å². The van der Waals surface area contributed by atoms with Crippen molar-refractivity contribution in [2.75, 3.05) is 26.2 Å². The summed E-state index contributed by atoms with van der Waals surface area (Å²) in [7, 11) is -3.53. The number of rotatable bonds is 3. The van der Waals surface area contributed by atoms with Gasteiger partial charge in [0.2, 0.25) is 0 Å². The van der Waals surface area contributed by atoms with E-state index in [1.165, 1.54) is 9.18 Å². The maximum atomic E-state index is 11.1. The largest absolute Gasteiger partial charge is 0.296 e. The first-order valence-electron chi connectivity index (χ1n) is 5.19. The fourth-order valence-corrected chi connectivity index (χ4v) is 3.60. The number of thiophene rings is 1. The third kappa shape index (κ3) is 3.64. The molecule has 0 amide bonds. The van der Waals surface area contributed by atoms with Crippen LogP contribution >= 0.6 is 22.9 Å². The summed E-state index contributed by atoms with van der Waals surface area (Å²) in [4.78, 5) is 3.39. The van der Waals surface area contributed by atoms with Gasteiger partial charge >= 0.3 is 0 Å². The molecule has 0 spiro atoms. The van der Waals surface area contributed by atoms with Gasteiger partial charge in [-0.15, -0.1) is 11.3 Å². The summed E-state index contributed by atoms with van der Waals surface area (Å²) in [5.41, 5.74) is 0. The number of piperazine rings is 1. The number of hydrogen-bond acceptors (Lipinski definition) is 4. The zero-order chi connectivity index (χ0) is 12.5. The van der Waals surface area contributed by atoms with Crippen LogP contribution in [0.15, 0.2) is 12.1 Å². The van der Waals surface area contributed by atoms with Gasteiger partial charge in [0.15, 0.2) is 0 Å². The van der Waals surface area contributed by atoms with E-state index in [-0.39, 0.29) is 0 Å². The molecular weight excluding hydrogens is 282 g/mol. The van der Waals surface area contributed by atoms with Gasteiger partial charge in [0.1, 0.15) is 0 Å². The van der Waals surface area contributed by atoms with E-state index in [4.69, 9.17) is 16.7 Å². The molecule has 5 nitrogen and oxygen atoms in total. The normalized spacial score (nSPS) is 19.6. The minimum Gasteiger partial charge on any atom is -0.296 e. The molecule has 0 atom stereocenters. The Morgan fingerprint density at radius 3 is 2.41 bits per heavy atom. The van der Waals surface area contributed by atoms with E-state index in [1.54, 1.807) is 11.3 Å². The van der Waals surface area contributed by atoms with E-state index in [1.807, 2.05) is 12.1 Å². The summed E-state index contributed by atoms with van der Waals surface area (Å²) in [6.07, 6.45) is 0. The number of hydrogen-bond donors (Lipinski definition) is 1. The molecule has 2 rings (SSSR count). The molecule has 1 aliphatic heterocycles. The van der Waals surface area contributed by atoms with Crippen molar-refractivity contribution in [3.05, 3.63) is 21.3 Å². The lowest BCUT2D eigenvalue weighted by atomic mass is 10.3. The Bertz CT molecular complexity index is 480. The second kappa shape index (κ2) is 5.21. The summed E-state index contributed by atoms with van der Waals surface area (Å²) in [5.74, 6) is 0. The molecule has 0 aromatic carbocycles. The van der Waals surface area contributed by atoms with Crippen LogP contribution in [0, 0.1) is 0 Å². The predicted octanol–water partition coefficient (Wildman–Crippen LogP) is 0.723. The molecule has 0 aliphatic carbocycles. The van der Waals surface area contributed by atoms with E-state index in [0.717, 1.165) is 10.9 Å². The topological polar surface area (TPSA) is 66.6 Å². The van der Waals surface area contributed by atoms with Gasteiger partial charge in [0.25, 0.3) is 10.2 Å². The van der Waals surface area contributed by atoms with Crippen LogP contribution in [0.4, 0.5) is 0 Å². The van der Waals surface area contributed by atoms with Crippen LogP contribution in [0.2, 0.25) is 4.34 Å². The lowest BCUT2D eigenvalue weighted by Gasteiger charge is -2.32. The number of nitrogens with two attached hydrogens (primary N) is 1. The molecule has 2 N–H and O–H groups in total. The fraction of sp³-hybridized carbons (Fsp3) is 0.556. The first-order chi connectivity index (χ1) is 7.95. The van der Waals surface area contributed by atoms with Gasteiger partial charge < -0.3 is 0 Å². The molecule has 0 unspecified atom stereocenters. The molecule has 96 valence electrons. The van der Waals surface area contributed by atoms with E-state index in [2.05, 4.69) is 4.90 Å². The molecule has 8 heteroatoms. The van der Waals surface area contributed by atoms with E-state index in [0.29, 0.717) is 26.2 Å². The Morgan fingerprint density at radius 1 is 1.29 bits per heavy atom. The molecule has 0 radical (unpaired) electrons. The van der Waals surface area contributed by atoms with Crippen LogP contribution in [-0.2, 0) is 16.8 Å². The third-order valence-corrected chi connectivity index (χ3v) is 5.00. The summed E-state index contributed by atoms with van der Waals surface area (Å²) in [6, 6.07) is 3.88. The van der Waals surface area contributed by atoms with Gasteiger partial charge in [-0.3, -0.25) is 4.90 Å². The molecule has 1 aliphatic rings. The monoisotopic (exact) mass is 295 g/mol. The summed E-state index contributed by atoms with van der Waals surface area (Å²) in [6.45, 7) is 3.13. The van der Waals surface area contributed by atoms with Gasteiger partial charge in [-0.25, -0.2) is 5.14 Å². The Balaban J connectivity index is 1.87. The molecule has 1 aromatic rings. The summed E-state index contributed by atoms with van der Waals surface area (Å²) in [5, 5.41) is 5.08. The lowest BCUT2D eigenvalue weighted by molar-refractivity contribution is 0.183. The average molecular weight is 296 g/mol. The number of halogens is 1. The molecule has 1 saturated heterocycles. The molecule has 0 saturated carbocycles. The van der Waals surface area contributed by atoms with Crippen molar-refractivity contribution in [3.8, 4) is 0 Å². The second-order valence-electron chi connectivity index (χ2n) is 3.93. The van der Waals surface area contributed by atoms with Gasteiger partial charge in [-0.2, -0.15) is 12.7 Å². The smallest absolute Gasteiger partial charge is 0.276 e. The van der Waals surface area contributed by atoms with E-state index >= 15 is 0 Å². The number of nitrogens with zero attached hydrogens (tertiary/aromatic N) is 2. The SMILES string of the molecule is NS(=O)(=O)N1CCN(Cc2ccc(Cl)s2)CC1. The molecule has 1 aromatic heterocycles. The maximum Gasteiger partial charge on any atom is 0.276 e. The first kappa shape index (κ1) is 13.3. The predicted molar refractivity (Wildman–Crippen MR) is 69.3 cm³/mol. The van der Waals surface area contributed by atoms with Crippen LogP contribution in [0.3, 0.4) is 0 Å². The minimum absolute atomic E-state index is 0.456. The average Bonchev–Trinajstić information content (AvgIpc) is 2.63. The summed E-state index contributed by atoms with van der Waals surface area (Å²) < 4.78 is 24.3. The standard InChI is InChI=1S/C9H14ClN3O2S2/c10-9-2-1-8(16-9)7-12-3-5-13(6-4-12)17(11,14)15/h1-2H,3-7H2,(H2,11,14,15). The van der Waals surface area contributed by atoms with Crippen LogP contribution < -0.4 is 5.14 Å². The zero-order valence-electron chi connectivity index (χ0n) is 9.17. The lowest BCUT2D eigenvalue weighted by Crippen LogP contribution is -2.50. The Hall–Kier alpha value is -0.180. The van der Waals surface area contributed by atoms with Crippen molar-refractivity contribution in [1.82, 2.24) is 9.21 Å². The Kier molecular flexibility index (Phi) is 4.06. The summed E-state index contributed by atoms with van der Waals surface area (Å²) >= 11 is 7.41. The van der Waals surface area contributed by atoms with Gasteiger partial charge in [-0.05, 0) is 12.1 Å². The van der Waals surface area contributed by atoms with Crippen LogP contribution in [0.1, 0.15) is 4.88 Å². The maximum absolute atomic E-state index is 11.1. The third-order valence-electron chi connectivity index (χ3n) is 2.70. The highest BCUT2D eigenvalue weighted by molar-refractivity contribution is 7.86. The van der Waals surface area contributed by atoms with Crippen LogP contribution in [0.5, 0.6) is 0 Å². The van der Waals surface area contributed by atoms with E-state index in [9.17, 15) is 8.42 Å². The minimum atomic E-state index is -3.53. The highest BCUT2D eigenvalue weighted by Gasteiger charge is 2.23. The van der Waals surface area contributed by atoms with Crippen molar-refractivity contribution in [3.63, 3.8) is 0 Å². The van der Waals surface area contributed by atoms with Crippen molar-refractivity contribution in [2.45, 2.75) is 6.54 Å². The molecule has 1 fully saturated rings. The van der Waals surface area contributed by atoms with Crippen molar-refractivity contribution in [1.29, 1.82) is 0 Å². The van der Waals surface area contributed by atoms with Crippen LogP contribution in [0.25, 0.3) is 0 Å².